The predicted molar refractivity (Wildman–Crippen MR) is 39.9 cm³/mol. The standard InChI is InChI=1S/C6H4O2.H3P/c7-5-3-1-2-4(3)6(5)8;/h1-2,7-8H;1H3. The molecule has 0 aliphatic heterocycles. The Morgan fingerprint density at radius 1 is 0.889 bits per heavy atom. The van der Waals surface area contributed by atoms with Crippen LogP contribution in [0.5, 0.6) is 11.5 Å². The molecule has 2 aliphatic rings. The van der Waals surface area contributed by atoms with Gasteiger partial charge in [-0.1, -0.05) is 0 Å². The summed E-state index contributed by atoms with van der Waals surface area (Å²) < 4.78 is 0. The van der Waals surface area contributed by atoms with Gasteiger partial charge in [0.15, 0.2) is 11.5 Å². The lowest BCUT2D eigenvalue weighted by Crippen LogP contribution is -1.91. The molecular formula is C6H7O2P. The van der Waals surface area contributed by atoms with Crippen molar-refractivity contribution in [3.05, 3.63) is 12.1 Å². The maximum atomic E-state index is 8.73. The minimum Gasteiger partial charge on any atom is -0.504 e. The third-order valence-electron chi connectivity index (χ3n) is 1.44. The zero-order chi connectivity index (χ0) is 5.72. The molecular weight excluding hydrogens is 135 g/mol. The Hall–Kier alpha value is -0.750. The molecule has 0 heterocycles. The van der Waals surface area contributed by atoms with Gasteiger partial charge in [-0.3, -0.25) is 0 Å². The van der Waals surface area contributed by atoms with Crippen molar-refractivity contribution in [2.75, 3.05) is 0 Å². The van der Waals surface area contributed by atoms with Crippen LogP contribution in [-0.2, 0) is 0 Å². The van der Waals surface area contributed by atoms with Crippen molar-refractivity contribution in [3.8, 4) is 22.6 Å². The van der Waals surface area contributed by atoms with Crippen LogP contribution < -0.4 is 0 Å². The molecule has 0 aromatic heterocycles. The zero-order valence-electron chi connectivity index (χ0n) is 4.76. The molecule has 9 heavy (non-hydrogen) atoms. The summed E-state index contributed by atoms with van der Waals surface area (Å²) in [6.45, 7) is 0. The van der Waals surface area contributed by atoms with Crippen molar-refractivity contribution in [3.63, 3.8) is 0 Å². The van der Waals surface area contributed by atoms with Gasteiger partial charge in [0, 0.05) is 11.1 Å². The number of aromatic hydroxyl groups is 2. The van der Waals surface area contributed by atoms with Crippen LogP contribution in [0.15, 0.2) is 12.1 Å². The van der Waals surface area contributed by atoms with E-state index in [4.69, 9.17) is 10.2 Å². The predicted octanol–water partition coefficient (Wildman–Crippen LogP) is 1.14. The topological polar surface area (TPSA) is 40.5 Å². The van der Waals surface area contributed by atoms with E-state index in [2.05, 4.69) is 0 Å². The summed E-state index contributed by atoms with van der Waals surface area (Å²) in [5.41, 5.74) is 1.59. The molecule has 1 atom stereocenters. The molecule has 0 aromatic carbocycles. The average Bonchev–Trinajstić information content (AvgIpc) is 1.64. The summed E-state index contributed by atoms with van der Waals surface area (Å²) >= 11 is 0. The highest BCUT2D eigenvalue weighted by Crippen LogP contribution is 2.53. The van der Waals surface area contributed by atoms with Crippen molar-refractivity contribution < 1.29 is 10.2 Å². The molecule has 0 radical (unpaired) electrons. The van der Waals surface area contributed by atoms with Gasteiger partial charge < -0.3 is 10.2 Å². The highest BCUT2D eigenvalue weighted by atomic mass is 31.0. The van der Waals surface area contributed by atoms with E-state index in [0.29, 0.717) is 0 Å². The van der Waals surface area contributed by atoms with Gasteiger partial charge in [0.1, 0.15) is 0 Å². The van der Waals surface area contributed by atoms with E-state index in [-0.39, 0.29) is 21.4 Å². The molecule has 0 aromatic rings. The highest BCUT2D eigenvalue weighted by Gasteiger charge is 2.24. The Morgan fingerprint density at radius 3 is 1.33 bits per heavy atom. The van der Waals surface area contributed by atoms with Crippen LogP contribution in [0.4, 0.5) is 0 Å². The number of hydrogen-bond donors (Lipinski definition) is 2. The summed E-state index contributed by atoms with van der Waals surface area (Å²) in [6, 6.07) is 3.54. The van der Waals surface area contributed by atoms with E-state index < -0.39 is 0 Å². The van der Waals surface area contributed by atoms with Gasteiger partial charge in [0.25, 0.3) is 0 Å². The first-order chi connectivity index (χ1) is 3.80. The van der Waals surface area contributed by atoms with Crippen molar-refractivity contribution in [1.29, 1.82) is 0 Å². The van der Waals surface area contributed by atoms with Gasteiger partial charge in [-0.25, -0.2) is 0 Å². The van der Waals surface area contributed by atoms with Crippen LogP contribution in [0.2, 0.25) is 0 Å². The summed E-state index contributed by atoms with van der Waals surface area (Å²) in [5.74, 6) is 0.0880. The molecule has 0 fully saturated rings. The van der Waals surface area contributed by atoms with E-state index >= 15 is 0 Å². The molecule has 3 heteroatoms. The number of fused-ring (bicyclic) bond motifs is 1. The van der Waals surface area contributed by atoms with Gasteiger partial charge in [0.2, 0.25) is 0 Å². The van der Waals surface area contributed by atoms with Crippen LogP contribution in [0.3, 0.4) is 0 Å². The molecule has 1 unspecified atom stereocenters. The summed E-state index contributed by atoms with van der Waals surface area (Å²) in [4.78, 5) is 0. The van der Waals surface area contributed by atoms with Crippen LogP contribution in [0.25, 0.3) is 11.1 Å². The van der Waals surface area contributed by atoms with E-state index in [9.17, 15) is 0 Å². The lowest BCUT2D eigenvalue weighted by Gasteiger charge is -2.18. The molecule has 0 amide bonds. The number of rotatable bonds is 0. The molecule has 2 N–H and O–H groups in total. The lowest BCUT2D eigenvalue weighted by atomic mass is 9.90. The summed E-state index contributed by atoms with van der Waals surface area (Å²) in [6.07, 6.45) is 0. The van der Waals surface area contributed by atoms with Crippen molar-refractivity contribution in [2.24, 2.45) is 0 Å². The van der Waals surface area contributed by atoms with E-state index in [1.165, 1.54) is 0 Å². The second-order valence-electron chi connectivity index (χ2n) is 1.86. The van der Waals surface area contributed by atoms with Gasteiger partial charge in [0.05, 0.1) is 0 Å². The van der Waals surface area contributed by atoms with Crippen LogP contribution in [0, 0.1) is 0 Å². The van der Waals surface area contributed by atoms with Gasteiger partial charge in [-0.2, -0.15) is 9.90 Å². The number of hydrogen-bond acceptors (Lipinski definition) is 2. The molecule has 0 bridgehead atoms. The van der Waals surface area contributed by atoms with Crippen molar-refractivity contribution in [2.45, 2.75) is 0 Å². The second-order valence-corrected chi connectivity index (χ2v) is 1.86. The first-order valence-electron chi connectivity index (χ1n) is 2.36. The Balaban J connectivity index is 0.000000405. The van der Waals surface area contributed by atoms with E-state index in [1.807, 2.05) is 0 Å². The fourth-order valence-electron chi connectivity index (χ4n) is 0.856. The zero-order valence-corrected chi connectivity index (χ0v) is 6.17. The Kier molecular flexibility index (Phi) is 1.14. The Bertz CT molecular complexity index is 230. The smallest absolute Gasteiger partial charge is 0.166 e. The third kappa shape index (κ3) is 0.487. The van der Waals surface area contributed by atoms with Crippen molar-refractivity contribution >= 4 is 9.90 Å². The van der Waals surface area contributed by atoms with E-state index in [0.717, 1.165) is 11.1 Å². The molecule has 2 aliphatic carbocycles. The summed E-state index contributed by atoms with van der Waals surface area (Å²) in [7, 11) is 0. The van der Waals surface area contributed by atoms with Gasteiger partial charge >= 0.3 is 0 Å². The molecule has 2 rings (SSSR count). The number of phenolic OH excluding ortho intramolecular Hbond substituents is 2. The Labute approximate surface area is 55.8 Å². The Morgan fingerprint density at radius 2 is 1.22 bits per heavy atom. The maximum Gasteiger partial charge on any atom is 0.166 e. The first kappa shape index (κ1) is 6.37. The molecule has 0 saturated carbocycles. The minimum absolute atomic E-state index is 0. The first-order valence-corrected chi connectivity index (χ1v) is 2.36. The lowest BCUT2D eigenvalue weighted by molar-refractivity contribution is 0.396. The molecule has 2 nitrogen and oxygen atoms in total. The van der Waals surface area contributed by atoms with Gasteiger partial charge in [-0.15, -0.1) is 0 Å². The van der Waals surface area contributed by atoms with Crippen molar-refractivity contribution in [1.82, 2.24) is 0 Å². The normalized spacial score (nSPS) is 10.2. The summed E-state index contributed by atoms with van der Waals surface area (Å²) in [5, 5.41) is 17.5. The molecule has 0 saturated heterocycles. The quantitative estimate of drug-likeness (QED) is 0.427. The minimum atomic E-state index is 0. The fourth-order valence-corrected chi connectivity index (χ4v) is 0.856. The second kappa shape index (κ2) is 1.61. The van der Waals surface area contributed by atoms with Crippen LogP contribution >= 0.6 is 9.90 Å². The largest absolute Gasteiger partial charge is 0.504 e. The number of phenols is 2. The SMILES string of the molecule is Oc1c2ccc-2c1O.P. The molecule has 0 spiro atoms. The van der Waals surface area contributed by atoms with Crippen LogP contribution in [-0.4, -0.2) is 10.2 Å². The van der Waals surface area contributed by atoms with Crippen LogP contribution in [0.1, 0.15) is 0 Å². The number of benzene rings is 1. The van der Waals surface area contributed by atoms with Gasteiger partial charge in [-0.05, 0) is 12.1 Å². The third-order valence-corrected chi connectivity index (χ3v) is 1.44. The average molecular weight is 142 g/mol. The van der Waals surface area contributed by atoms with E-state index in [1.54, 1.807) is 12.1 Å². The fraction of sp³-hybridized carbons (Fsp3) is 0. The maximum absolute atomic E-state index is 8.73. The highest BCUT2D eigenvalue weighted by molar-refractivity contribution is 6.92. The monoisotopic (exact) mass is 142 g/mol. The molecule has 48 valence electrons.